The van der Waals surface area contributed by atoms with Gasteiger partial charge in [0.15, 0.2) is 17.3 Å². The standard InChI is InChI=1S/C19H16N4O5/c1-21-15(12-3-2-4-14(7-12)23(25)26)9-22(19(21)20)10-16(24)13-5-6-17-18(8-13)28-11-27-17/h2-9,20H,10-11H2,1H3. The van der Waals surface area contributed by atoms with Crippen LogP contribution in [0.1, 0.15) is 10.4 Å². The number of nitro groups is 1. The van der Waals surface area contributed by atoms with Gasteiger partial charge in [0, 0.05) is 36.5 Å². The van der Waals surface area contributed by atoms with E-state index in [2.05, 4.69) is 0 Å². The van der Waals surface area contributed by atoms with Crippen LogP contribution >= 0.6 is 0 Å². The summed E-state index contributed by atoms with van der Waals surface area (Å²) in [6.07, 6.45) is 1.65. The summed E-state index contributed by atoms with van der Waals surface area (Å²) in [6.45, 7) is 0.0884. The minimum Gasteiger partial charge on any atom is -0.454 e. The summed E-state index contributed by atoms with van der Waals surface area (Å²) in [5, 5.41) is 19.3. The van der Waals surface area contributed by atoms with Crippen LogP contribution in [0.25, 0.3) is 11.3 Å². The molecule has 0 saturated carbocycles. The van der Waals surface area contributed by atoms with E-state index in [-0.39, 0.29) is 30.4 Å². The molecular weight excluding hydrogens is 364 g/mol. The van der Waals surface area contributed by atoms with Crippen molar-refractivity contribution in [2.24, 2.45) is 7.05 Å². The fourth-order valence-corrected chi connectivity index (χ4v) is 3.09. The van der Waals surface area contributed by atoms with E-state index in [0.717, 1.165) is 0 Å². The van der Waals surface area contributed by atoms with Crippen LogP contribution in [0.2, 0.25) is 0 Å². The number of Topliss-reactive ketones (excluding diaryl/α,β-unsaturated/α-hetero) is 1. The molecule has 3 aromatic rings. The summed E-state index contributed by atoms with van der Waals surface area (Å²) >= 11 is 0. The SMILES string of the molecule is Cn1c(-c2cccc([N+](=O)[O-])c2)cn(CC(=O)c2ccc3c(c2)OCO3)c1=N. The van der Waals surface area contributed by atoms with Gasteiger partial charge in [0.1, 0.15) is 0 Å². The van der Waals surface area contributed by atoms with Crippen LogP contribution in [0, 0.1) is 15.5 Å². The predicted molar refractivity (Wildman–Crippen MR) is 98.2 cm³/mol. The minimum absolute atomic E-state index is 0.0341. The maximum atomic E-state index is 12.7. The number of nitrogens with one attached hydrogen (secondary N) is 1. The highest BCUT2D eigenvalue weighted by atomic mass is 16.7. The van der Waals surface area contributed by atoms with Gasteiger partial charge in [-0.15, -0.1) is 0 Å². The smallest absolute Gasteiger partial charge is 0.270 e. The lowest BCUT2D eigenvalue weighted by molar-refractivity contribution is -0.384. The number of ether oxygens (including phenoxy) is 2. The lowest BCUT2D eigenvalue weighted by atomic mass is 10.1. The van der Waals surface area contributed by atoms with E-state index in [9.17, 15) is 14.9 Å². The van der Waals surface area contributed by atoms with Crippen molar-refractivity contribution in [3.05, 3.63) is 70.0 Å². The highest BCUT2D eigenvalue weighted by molar-refractivity contribution is 5.96. The predicted octanol–water partition coefficient (Wildman–Crippen LogP) is 2.49. The van der Waals surface area contributed by atoms with Crippen LogP contribution in [0.15, 0.2) is 48.7 Å². The van der Waals surface area contributed by atoms with E-state index < -0.39 is 4.92 Å². The summed E-state index contributed by atoms with van der Waals surface area (Å²) in [6, 6.07) is 11.1. The highest BCUT2D eigenvalue weighted by Crippen LogP contribution is 2.32. The van der Waals surface area contributed by atoms with Crippen LogP contribution in [-0.4, -0.2) is 26.6 Å². The van der Waals surface area contributed by atoms with Crippen LogP contribution in [0.4, 0.5) is 5.69 Å². The Bertz CT molecular complexity index is 1160. The lowest BCUT2D eigenvalue weighted by Gasteiger charge is -2.04. The second-order valence-corrected chi connectivity index (χ2v) is 6.32. The van der Waals surface area contributed by atoms with Gasteiger partial charge in [-0.05, 0) is 18.2 Å². The number of nitrogens with zero attached hydrogens (tertiary/aromatic N) is 3. The molecule has 0 bridgehead atoms. The highest BCUT2D eigenvalue weighted by Gasteiger charge is 2.18. The van der Waals surface area contributed by atoms with Crippen LogP contribution in [-0.2, 0) is 13.6 Å². The molecule has 0 fully saturated rings. The molecule has 9 heteroatoms. The molecule has 142 valence electrons. The fourth-order valence-electron chi connectivity index (χ4n) is 3.09. The lowest BCUT2D eigenvalue weighted by Crippen LogP contribution is -2.25. The number of non-ortho nitro benzene ring substituents is 1. The average molecular weight is 380 g/mol. The van der Waals surface area contributed by atoms with Gasteiger partial charge in [0.2, 0.25) is 12.4 Å². The normalized spacial score (nSPS) is 12.2. The zero-order chi connectivity index (χ0) is 19.8. The molecule has 2 aromatic carbocycles. The molecule has 4 rings (SSSR count). The summed E-state index contributed by atoms with van der Waals surface area (Å²) < 4.78 is 13.6. The van der Waals surface area contributed by atoms with Gasteiger partial charge in [0.05, 0.1) is 17.2 Å². The first-order valence-corrected chi connectivity index (χ1v) is 8.42. The molecule has 0 amide bonds. The molecule has 0 saturated heterocycles. The summed E-state index contributed by atoms with van der Waals surface area (Å²) in [5.74, 6) is 0.929. The Morgan fingerprint density at radius 1 is 1.21 bits per heavy atom. The Hall–Kier alpha value is -3.88. The number of hydrogen-bond donors (Lipinski definition) is 1. The van der Waals surface area contributed by atoms with Gasteiger partial charge in [-0.1, -0.05) is 12.1 Å². The second kappa shape index (κ2) is 6.69. The molecule has 1 aromatic heterocycles. The largest absolute Gasteiger partial charge is 0.454 e. The Labute approximate surface area is 159 Å². The van der Waals surface area contributed by atoms with Crippen molar-refractivity contribution in [1.29, 1.82) is 5.41 Å². The monoisotopic (exact) mass is 380 g/mol. The number of aromatic nitrogens is 2. The quantitative estimate of drug-likeness (QED) is 0.415. The third-order valence-corrected chi connectivity index (χ3v) is 4.59. The summed E-state index contributed by atoms with van der Waals surface area (Å²) in [5.41, 5.74) is 1.73. The third-order valence-electron chi connectivity index (χ3n) is 4.59. The van der Waals surface area contributed by atoms with Crippen LogP contribution in [0.3, 0.4) is 0 Å². The van der Waals surface area contributed by atoms with Crippen molar-refractivity contribution >= 4 is 11.5 Å². The molecule has 0 unspecified atom stereocenters. The van der Waals surface area contributed by atoms with Crippen molar-refractivity contribution < 1.29 is 19.2 Å². The van der Waals surface area contributed by atoms with Gasteiger partial charge in [-0.25, -0.2) is 0 Å². The third kappa shape index (κ3) is 3.02. The number of rotatable bonds is 5. The maximum absolute atomic E-state index is 12.7. The molecule has 1 aliphatic heterocycles. The number of carbonyl (C=O) groups excluding carboxylic acids is 1. The average Bonchev–Trinajstić information content (AvgIpc) is 3.27. The number of nitro benzene ring substituents is 1. The van der Waals surface area contributed by atoms with Gasteiger partial charge in [0.25, 0.3) is 5.69 Å². The molecule has 9 nitrogen and oxygen atoms in total. The van der Waals surface area contributed by atoms with Gasteiger partial charge >= 0.3 is 0 Å². The van der Waals surface area contributed by atoms with Crippen molar-refractivity contribution in [2.45, 2.75) is 6.54 Å². The number of hydrogen-bond acceptors (Lipinski definition) is 6. The Morgan fingerprint density at radius 3 is 2.79 bits per heavy atom. The van der Waals surface area contributed by atoms with Crippen molar-refractivity contribution in [1.82, 2.24) is 9.13 Å². The fraction of sp³-hybridized carbons (Fsp3) is 0.158. The molecule has 0 radical (unpaired) electrons. The van der Waals surface area contributed by atoms with E-state index in [1.807, 2.05) is 0 Å². The van der Waals surface area contributed by atoms with Gasteiger partial charge in [-0.2, -0.15) is 0 Å². The molecule has 28 heavy (non-hydrogen) atoms. The first kappa shape index (κ1) is 17.5. The van der Waals surface area contributed by atoms with Gasteiger partial charge in [-0.3, -0.25) is 20.3 Å². The van der Waals surface area contributed by atoms with Gasteiger partial charge < -0.3 is 18.6 Å². The number of carbonyl (C=O) groups is 1. The van der Waals surface area contributed by atoms with E-state index in [1.165, 1.54) is 16.7 Å². The first-order chi connectivity index (χ1) is 13.4. The molecule has 1 N–H and O–H groups in total. The van der Waals surface area contributed by atoms with E-state index in [4.69, 9.17) is 14.9 Å². The van der Waals surface area contributed by atoms with E-state index in [1.54, 1.807) is 48.1 Å². The topological polar surface area (TPSA) is 112 Å². The minimum atomic E-state index is -0.467. The number of ketones is 1. The molecular formula is C19H16N4O5. The summed E-state index contributed by atoms with van der Waals surface area (Å²) in [7, 11) is 1.68. The molecule has 0 aliphatic carbocycles. The van der Waals surface area contributed by atoms with Crippen molar-refractivity contribution in [3.8, 4) is 22.8 Å². The van der Waals surface area contributed by atoms with Crippen molar-refractivity contribution in [3.63, 3.8) is 0 Å². The molecule has 2 heterocycles. The molecule has 1 aliphatic rings. The van der Waals surface area contributed by atoms with Crippen molar-refractivity contribution in [2.75, 3.05) is 6.79 Å². The van der Waals surface area contributed by atoms with Crippen LogP contribution < -0.4 is 15.1 Å². The Morgan fingerprint density at radius 2 is 2.00 bits per heavy atom. The Balaban J connectivity index is 1.64. The second-order valence-electron chi connectivity index (χ2n) is 6.32. The maximum Gasteiger partial charge on any atom is 0.270 e. The number of fused-ring (bicyclic) bond motifs is 1. The van der Waals surface area contributed by atoms with Crippen LogP contribution in [0.5, 0.6) is 11.5 Å². The summed E-state index contributed by atoms with van der Waals surface area (Å²) in [4.78, 5) is 23.2. The van der Waals surface area contributed by atoms with E-state index >= 15 is 0 Å². The number of imidazole rings is 1. The zero-order valence-electron chi connectivity index (χ0n) is 14.9. The Kier molecular flexibility index (Phi) is 4.19. The zero-order valence-corrected chi connectivity index (χ0v) is 14.9. The first-order valence-electron chi connectivity index (χ1n) is 8.42. The number of benzene rings is 2. The molecule has 0 spiro atoms. The molecule has 0 atom stereocenters. The van der Waals surface area contributed by atoms with E-state index in [0.29, 0.717) is 28.3 Å².